The highest BCUT2D eigenvalue weighted by Crippen LogP contribution is 2.38. The van der Waals surface area contributed by atoms with E-state index in [4.69, 9.17) is 0 Å². The minimum Gasteiger partial charge on any atom is -0.103 e. The van der Waals surface area contributed by atoms with E-state index >= 15 is 0 Å². The van der Waals surface area contributed by atoms with Crippen LogP contribution in [-0.2, 0) is 0 Å². The van der Waals surface area contributed by atoms with Crippen molar-refractivity contribution in [2.24, 2.45) is 5.41 Å². The Labute approximate surface area is 174 Å². The Hall–Kier alpha value is -0.260. The summed E-state index contributed by atoms with van der Waals surface area (Å²) >= 11 is 0. The normalized spacial score (nSPS) is 11.8. The van der Waals surface area contributed by atoms with Gasteiger partial charge in [0.25, 0.3) is 0 Å². The van der Waals surface area contributed by atoms with Crippen molar-refractivity contribution in [1.29, 1.82) is 0 Å². The average Bonchev–Trinajstić information content (AvgIpc) is 2.69. The molecule has 0 aromatic rings. The molecule has 0 nitrogen and oxygen atoms in total. The van der Waals surface area contributed by atoms with E-state index in [-0.39, 0.29) is 0 Å². The van der Waals surface area contributed by atoms with Crippen LogP contribution in [0.1, 0.15) is 156 Å². The molecule has 0 saturated carbocycles. The standard InChI is InChI=1S/C27H54/c1-5-9-12-15-18-21-24-27(8-4,25-22-19-16-13-10-6-2)26-23-20-17-14-11-7-3/h8H,4-7,9-26H2,1-3H3. The Balaban J connectivity index is 4.25. The highest BCUT2D eigenvalue weighted by atomic mass is 14.3. The maximum Gasteiger partial charge on any atom is -0.0121 e. The molecule has 0 radical (unpaired) electrons. The van der Waals surface area contributed by atoms with Crippen LogP contribution in [0.25, 0.3) is 0 Å². The summed E-state index contributed by atoms with van der Waals surface area (Å²) in [6, 6.07) is 0. The zero-order valence-electron chi connectivity index (χ0n) is 19.6. The van der Waals surface area contributed by atoms with Crippen molar-refractivity contribution in [3.05, 3.63) is 12.7 Å². The third-order valence-corrected chi connectivity index (χ3v) is 6.52. The van der Waals surface area contributed by atoms with Crippen LogP contribution in [0.4, 0.5) is 0 Å². The van der Waals surface area contributed by atoms with E-state index in [1.165, 1.54) is 135 Å². The van der Waals surface area contributed by atoms with Gasteiger partial charge >= 0.3 is 0 Å². The molecule has 0 aromatic carbocycles. The van der Waals surface area contributed by atoms with Gasteiger partial charge in [0.05, 0.1) is 0 Å². The molecule has 0 aliphatic rings. The van der Waals surface area contributed by atoms with E-state index < -0.39 is 0 Å². The van der Waals surface area contributed by atoms with Gasteiger partial charge < -0.3 is 0 Å². The summed E-state index contributed by atoms with van der Waals surface area (Å²) in [6.07, 6.45) is 32.1. The van der Waals surface area contributed by atoms with E-state index in [1.807, 2.05) is 0 Å². The van der Waals surface area contributed by atoms with Gasteiger partial charge in [0.15, 0.2) is 0 Å². The smallest absolute Gasteiger partial charge is 0.0121 e. The lowest BCUT2D eigenvalue weighted by atomic mass is 9.74. The largest absolute Gasteiger partial charge is 0.103 e. The predicted octanol–water partition coefficient (Wildman–Crippen LogP) is 10.4. The Morgan fingerprint density at radius 3 is 0.963 bits per heavy atom. The first kappa shape index (κ1) is 26.7. The molecule has 0 aliphatic carbocycles. The van der Waals surface area contributed by atoms with E-state index in [9.17, 15) is 0 Å². The minimum absolute atomic E-state index is 0.445. The summed E-state index contributed by atoms with van der Waals surface area (Å²) in [4.78, 5) is 0. The minimum atomic E-state index is 0.445. The highest BCUT2D eigenvalue weighted by Gasteiger charge is 2.24. The molecule has 0 spiro atoms. The van der Waals surface area contributed by atoms with Gasteiger partial charge in [-0.25, -0.2) is 0 Å². The van der Waals surface area contributed by atoms with E-state index in [2.05, 4.69) is 33.4 Å². The first-order chi connectivity index (χ1) is 13.2. The average molecular weight is 379 g/mol. The van der Waals surface area contributed by atoms with Gasteiger partial charge in [-0.3, -0.25) is 0 Å². The van der Waals surface area contributed by atoms with Gasteiger partial charge in [-0.2, -0.15) is 0 Å². The third kappa shape index (κ3) is 16.4. The van der Waals surface area contributed by atoms with Gasteiger partial charge in [-0.15, -0.1) is 6.58 Å². The van der Waals surface area contributed by atoms with Crippen LogP contribution in [-0.4, -0.2) is 0 Å². The number of allylic oxidation sites excluding steroid dienone is 1. The number of hydrogen-bond donors (Lipinski definition) is 0. The van der Waals surface area contributed by atoms with E-state index in [0.29, 0.717) is 5.41 Å². The summed E-state index contributed by atoms with van der Waals surface area (Å²) in [6.45, 7) is 11.2. The van der Waals surface area contributed by atoms with Crippen molar-refractivity contribution in [3.63, 3.8) is 0 Å². The second-order valence-corrected chi connectivity index (χ2v) is 9.12. The van der Waals surface area contributed by atoms with Crippen molar-refractivity contribution in [3.8, 4) is 0 Å². The van der Waals surface area contributed by atoms with Crippen LogP contribution < -0.4 is 0 Å². The monoisotopic (exact) mass is 378 g/mol. The molecule has 0 amide bonds. The first-order valence-corrected chi connectivity index (χ1v) is 12.9. The Kier molecular flexibility index (Phi) is 20.3. The molecular formula is C27H54. The molecule has 0 heteroatoms. The quantitative estimate of drug-likeness (QED) is 0.130. The number of hydrogen-bond acceptors (Lipinski definition) is 0. The fourth-order valence-electron chi connectivity index (χ4n) is 4.45. The van der Waals surface area contributed by atoms with Crippen LogP contribution >= 0.6 is 0 Å². The van der Waals surface area contributed by atoms with Crippen molar-refractivity contribution in [1.82, 2.24) is 0 Å². The zero-order chi connectivity index (χ0) is 20.1. The SMILES string of the molecule is C=CC(CCCCCCCC)(CCCCCCCC)CCCCCCCC. The van der Waals surface area contributed by atoms with Crippen LogP contribution in [0.2, 0.25) is 0 Å². The van der Waals surface area contributed by atoms with Gasteiger partial charge in [0.1, 0.15) is 0 Å². The third-order valence-electron chi connectivity index (χ3n) is 6.52. The molecule has 162 valence electrons. The van der Waals surface area contributed by atoms with Gasteiger partial charge in [-0.1, -0.05) is 142 Å². The predicted molar refractivity (Wildman–Crippen MR) is 127 cm³/mol. The summed E-state index contributed by atoms with van der Waals surface area (Å²) in [5.74, 6) is 0. The molecule has 0 aliphatic heterocycles. The highest BCUT2D eigenvalue weighted by molar-refractivity contribution is 4.94. The maximum absolute atomic E-state index is 4.32. The summed E-state index contributed by atoms with van der Waals surface area (Å²) < 4.78 is 0. The number of unbranched alkanes of at least 4 members (excludes halogenated alkanes) is 15. The Morgan fingerprint density at radius 1 is 0.444 bits per heavy atom. The lowest BCUT2D eigenvalue weighted by Crippen LogP contribution is -2.18. The number of rotatable bonds is 22. The van der Waals surface area contributed by atoms with Crippen molar-refractivity contribution >= 4 is 0 Å². The molecule has 0 fully saturated rings. The van der Waals surface area contributed by atoms with Crippen LogP contribution in [0.5, 0.6) is 0 Å². The van der Waals surface area contributed by atoms with E-state index in [0.717, 1.165) is 0 Å². The van der Waals surface area contributed by atoms with Crippen molar-refractivity contribution in [2.75, 3.05) is 0 Å². The molecule has 0 heterocycles. The second-order valence-electron chi connectivity index (χ2n) is 9.12. The summed E-state index contributed by atoms with van der Waals surface area (Å²) in [5, 5.41) is 0. The maximum atomic E-state index is 4.32. The molecule has 27 heavy (non-hydrogen) atoms. The molecule has 0 rings (SSSR count). The van der Waals surface area contributed by atoms with Gasteiger partial charge in [-0.05, 0) is 24.7 Å². The molecule has 0 bridgehead atoms. The molecule has 0 N–H and O–H groups in total. The Morgan fingerprint density at radius 2 is 0.704 bits per heavy atom. The summed E-state index contributed by atoms with van der Waals surface area (Å²) in [7, 11) is 0. The molecule has 0 atom stereocenters. The van der Waals surface area contributed by atoms with Gasteiger partial charge in [0, 0.05) is 0 Å². The lowest BCUT2D eigenvalue weighted by molar-refractivity contribution is 0.265. The van der Waals surface area contributed by atoms with Crippen LogP contribution in [0.15, 0.2) is 12.7 Å². The molecule has 0 saturated heterocycles. The fraction of sp³-hybridized carbons (Fsp3) is 0.926. The van der Waals surface area contributed by atoms with E-state index in [1.54, 1.807) is 0 Å². The van der Waals surface area contributed by atoms with Crippen molar-refractivity contribution in [2.45, 2.75) is 156 Å². The zero-order valence-corrected chi connectivity index (χ0v) is 19.6. The lowest BCUT2D eigenvalue weighted by Gasteiger charge is -2.31. The Bertz CT molecular complexity index is 250. The second kappa shape index (κ2) is 20.5. The first-order valence-electron chi connectivity index (χ1n) is 12.9. The van der Waals surface area contributed by atoms with Crippen molar-refractivity contribution < 1.29 is 0 Å². The molecule has 0 unspecified atom stereocenters. The van der Waals surface area contributed by atoms with Crippen LogP contribution in [0, 0.1) is 5.41 Å². The fourth-order valence-corrected chi connectivity index (χ4v) is 4.45. The molecule has 0 aromatic heterocycles. The van der Waals surface area contributed by atoms with Gasteiger partial charge in [0.2, 0.25) is 0 Å². The molecular weight excluding hydrogens is 324 g/mol. The topological polar surface area (TPSA) is 0 Å². The summed E-state index contributed by atoms with van der Waals surface area (Å²) in [5.41, 5.74) is 0.445. The van der Waals surface area contributed by atoms with Crippen LogP contribution in [0.3, 0.4) is 0 Å².